The van der Waals surface area contributed by atoms with Gasteiger partial charge in [-0.2, -0.15) is 0 Å². The Labute approximate surface area is 111 Å². The number of hydrogen-bond acceptors (Lipinski definition) is 3. The van der Waals surface area contributed by atoms with Crippen molar-refractivity contribution in [3.8, 4) is 0 Å². The van der Waals surface area contributed by atoms with Crippen molar-refractivity contribution in [1.29, 1.82) is 0 Å². The third-order valence-electron chi connectivity index (χ3n) is 3.48. The van der Waals surface area contributed by atoms with Crippen LogP contribution in [0.5, 0.6) is 0 Å². The molecule has 19 heavy (non-hydrogen) atoms. The summed E-state index contributed by atoms with van der Waals surface area (Å²) in [4.78, 5) is 34.3. The number of primary amides is 1. The summed E-state index contributed by atoms with van der Waals surface area (Å²) in [6.45, 7) is 3.50. The van der Waals surface area contributed by atoms with Gasteiger partial charge in [0.05, 0.1) is 0 Å². The van der Waals surface area contributed by atoms with Crippen LogP contribution in [0.4, 0.5) is 4.79 Å². The topological polar surface area (TPSA) is 122 Å². The predicted octanol–water partition coefficient (Wildman–Crippen LogP) is 0.193. The van der Waals surface area contributed by atoms with E-state index in [0.29, 0.717) is 12.8 Å². The number of amides is 3. The SMILES string of the molecule is CC(C)C(NC(=O)NC1(C(=O)O)CCCC1)C(N)=O. The summed E-state index contributed by atoms with van der Waals surface area (Å²) in [6.07, 6.45) is 2.32. The van der Waals surface area contributed by atoms with Crippen molar-refractivity contribution >= 4 is 17.9 Å². The summed E-state index contributed by atoms with van der Waals surface area (Å²) in [5.41, 5.74) is 3.97. The molecule has 1 unspecified atom stereocenters. The number of carbonyl (C=O) groups excluding carboxylic acids is 2. The van der Waals surface area contributed by atoms with Gasteiger partial charge >= 0.3 is 12.0 Å². The van der Waals surface area contributed by atoms with Gasteiger partial charge in [-0.15, -0.1) is 0 Å². The highest BCUT2D eigenvalue weighted by atomic mass is 16.4. The van der Waals surface area contributed by atoms with Crippen LogP contribution < -0.4 is 16.4 Å². The van der Waals surface area contributed by atoms with E-state index in [1.54, 1.807) is 13.8 Å². The molecule has 0 radical (unpaired) electrons. The van der Waals surface area contributed by atoms with Crippen LogP contribution >= 0.6 is 0 Å². The lowest BCUT2D eigenvalue weighted by Gasteiger charge is -2.27. The Kier molecular flexibility index (Phi) is 4.74. The van der Waals surface area contributed by atoms with Crippen molar-refractivity contribution < 1.29 is 19.5 Å². The van der Waals surface area contributed by atoms with Crippen molar-refractivity contribution in [3.05, 3.63) is 0 Å². The first kappa shape index (κ1) is 15.3. The first-order chi connectivity index (χ1) is 8.78. The summed E-state index contributed by atoms with van der Waals surface area (Å²) in [5.74, 6) is -1.84. The van der Waals surface area contributed by atoms with Crippen LogP contribution in [0.1, 0.15) is 39.5 Å². The van der Waals surface area contributed by atoms with Crippen LogP contribution in [0, 0.1) is 5.92 Å². The van der Waals surface area contributed by atoms with Gasteiger partial charge in [0.15, 0.2) is 0 Å². The first-order valence-electron chi connectivity index (χ1n) is 6.40. The number of aliphatic carboxylic acids is 1. The Morgan fingerprint density at radius 1 is 1.21 bits per heavy atom. The maximum atomic E-state index is 11.8. The van der Waals surface area contributed by atoms with E-state index >= 15 is 0 Å². The van der Waals surface area contributed by atoms with E-state index in [1.807, 2.05) is 0 Å². The largest absolute Gasteiger partial charge is 0.480 e. The summed E-state index contributed by atoms with van der Waals surface area (Å²) in [6, 6.07) is -1.48. The highest BCUT2D eigenvalue weighted by Gasteiger charge is 2.43. The lowest BCUT2D eigenvalue weighted by Crippen LogP contribution is -2.59. The van der Waals surface area contributed by atoms with Gasteiger partial charge < -0.3 is 21.5 Å². The van der Waals surface area contributed by atoms with E-state index in [-0.39, 0.29) is 5.92 Å². The van der Waals surface area contributed by atoms with Crippen molar-refractivity contribution in [1.82, 2.24) is 10.6 Å². The zero-order valence-corrected chi connectivity index (χ0v) is 11.2. The van der Waals surface area contributed by atoms with Gasteiger partial charge in [0.1, 0.15) is 11.6 Å². The summed E-state index contributed by atoms with van der Waals surface area (Å²) >= 11 is 0. The van der Waals surface area contributed by atoms with E-state index in [2.05, 4.69) is 10.6 Å². The van der Waals surface area contributed by atoms with Gasteiger partial charge in [-0.25, -0.2) is 9.59 Å². The van der Waals surface area contributed by atoms with Crippen molar-refractivity contribution in [2.75, 3.05) is 0 Å². The molecule has 7 heteroatoms. The summed E-state index contributed by atoms with van der Waals surface area (Å²) in [5, 5.41) is 14.1. The average molecular weight is 271 g/mol. The molecular formula is C12H21N3O4. The molecule has 0 bridgehead atoms. The first-order valence-corrected chi connectivity index (χ1v) is 6.40. The van der Waals surface area contributed by atoms with E-state index in [4.69, 9.17) is 5.73 Å². The van der Waals surface area contributed by atoms with Crippen LogP contribution in [-0.2, 0) is 9.59 Å². The van der Waals surface area contributed by atoms with Crippen LogP contribution in [0.25, 0.3) is 0 Å². The van der Waals surface area contributed by atoms with Gasteiger partial charge in [0.2, 0.25) is 5.91 Å². The Balaban J connectivity index is 2.68. The molecule has 1 rings (SSSR count). The highest BCUT2D eigenvalue weighted by Crippen LogP contribution is 2.29. The van der Waals surface area contributed by atoms with Crippen LogP contribution in [0.2, 0.25) is 0 Å². The smallest absolute Gasteiger partial charge is 0.329 e. The highest BCUT2D eigenvalue weighted by molar-refractivity contribution is 5.90. The van der Waals surface area contributed by atoms with E-state index < -0.39 is 29.5 Å². The molecule has 0 aromatic rings. The molecule has 1 saturated carbocycles. The third-order valence-corrected chi connectivity index (χ3v) is 3.48. The predicted molar refractivity (Wildman–Crippen MR) is 68.3 cm³/mol. The minimum atomic E-state index is -1.22. The van der Waals surface area contributed by atoms with Gasteiger partial charge in [-0.1, -0.05) is 26.7 Å². The molecule has 0 heterocycles. The molecule has 108 valence electrons. The van der Waals surface area contributed by atoms with Crippen LogP contribution in [0.15, 0.2) is 0 Å². The molecule has 1 atom stereocenters. The fourth-order valence-corrected chi connectivity index (χ4v) is 2.33. The Morgan fingerprint density at radius 2 is 1.74 bits per heavy atom. The van der Waals surface area contributed by atoms with E-state index in [1.165, 1.54) is 0 Å². The standard InChI is InChI=1S/C12H21N3O4/c1-7(2)8(9(13)16)14-11(19)15-12(10(17)18)5-3-4-6-12/h7-8H,3-6H2,1-2H3,(H2,13,16)(H,17,18)(H2,14,15,19). The number of carbonyl (C=O) groups is 3. The molecule has 5 N–H and O–H groups in total. The third kappa shape index (κ3) is 3.59. The molecule has 3 amide bonds. The number of urea groups is 1. The molecule has 1 aliphatic carbocycles. The number of nitrogens with two attached hydrogens (primary N) is 1. The maximum absolute atomic E-state index is 11.8. The molecule has 1 aliphatic rings. The number of nitrogens with one attached hydrogen (secondary N) is 2. The molecule has 1 fully saturated rings. The average Bonchev–Trinajstić information content (AvgIpc) is 2.74. The molecular weight excluding hydrogens is 250 g/mol. The van der Waals surface area contributed by atoms with Gasteiger partial charge in [-0.05, 0) is 18.8 Å². The van der Waals surface area contributed by atoms with Gasteiger partial charge in [0, 0.05) is 0 Å². The molecule has 0 aromatic heterocycles. The van der Waals surface area contributed by atoms with Gasteiger partial charge in [-0.3, -0.25) is 4.79 Å². The minimum absolute atomic E-state index is 0.160. The fraction of sp³-hybridized carbons (Fsp3) is 0.750. The molecule has 0 saturated heterocycles. The van der Waals surface area contributed by atoms with Crippen molar-refractivity contribution in [2.24, 2.45) is 11.7 Å². The second-order valence-electron chi connectivity index (χ2n) is 5.32. The number of hydrogen-bond donors (Lipinski definition) is 4. The maximum Gasteiger partial charge on any atom is 0.329 e. The summed E-state index contributed by atoms with van der Waals surface area (Å²) in [7, 11) is 0. The lowest BCUT2D eigenvalue weighted by molar-refractivity contribution is -0.144. The second-order valence-corrected chi connectivity index (χ2v) is 5.32. The van der Waals surface area contributed by atoms with Crippen molar-refractivity contribution in [3.63, 3.8) is 0 Å². The quantitative estimate of drug-likeness (QED) is 0.570. The van der Waals surface area contributed by atoms with Gasteiger partial charge in [0.25, 0.3) is 0 Å². The Bertz CT molecular complexity index is 375. The van der Waals surface area contributed by atoms with E-state index in [0.717, 1.165) is 12.8 Å². The van der Waals surface area contributed by atoms with Crippen LogP contribution in [-0.4, -0.2) is 34.6 Å². The van der Waals surface area contributed by atoms with Crippen LogP contribution in [0.3, 0.4) is 0 Å². The second kappa shape index (κ2) is 5.90. The number of carboxylic acids is 1. The zero-order chi connectivity index (χ0) is 14.6. The lowest BCUT2D eigenvalue weighted by atomic mass is 9.98. The number of rotatable bonds is 5. The molecule has 7 nitrogen and oxygen atoms in total. The molecule has 0 aromatic carbocycles. The fourth-order valence-electron chi connectivity index (χ4n) is 2.33. The zero-order valence-electron chi connectivity index (χ0n) is 11.2. The molecule has 0 aliphatic heterocycles. The van der Waals surface area contributed by atoms with Crippen molar-refractivity contribution in [2.45, 2.75) is 51.1 Å². The molecule has 0 spiro atoms. The Hall–Kier alpha value is -1.79. The summed E-state index contributed by atoms with van der Waals surface area (Å²) < 4.78 is 0. The Morgan fingerprint density at radius 3 is 2.11 bits per heavy atom. The minimum Gasteiger partial charge on any atom is -0.480 e. The monoisotopic (exact) mass is 271 g/mol. The number of carboxylic acid groups (broad SMARTS) is 1. The normalized spacial score (nSPS) is 18.9. The van der Waals surface area contributed by atoms with E-state index in [9.17, 15) is 19.5 Å².